The summed E-state index contributed by atoms with van der Waals surface area (Å²) in [7, 11) is -0.910. The monoisotopic (exact) mass is 360 g/mol. The van der Waals surface area contributed by atoms with Crippen molar-refractivity contribution in [2.75, 3.05) is 27.2 Å². The molecule has 1 aromatic carbocycles. The van der Waals surface area contributed by atoms with E-state index in [1.807, 2.05) is 6.92 Å². The predicted molar refractivity (Wildman–Crippen MR) is 90.1 cm³/mol. The third-order valence-electron chi connectivity index (χ3n) is 3.68. The standard InChI is InChI=1S/C16H25FN2O4S/c1-4-5-10-19(2)24(21,22)18-12-14(16(20)23-3)11-13-6-8-15(17)9-7-13/h6-9,14,18H,4-5,10-12H2,1-3H3/t14-/m1/s1. The zero-order valence-corrected chi connectivity index (χ0v) is 15.1. The molecule has 136 valence electrons. The molecule has 0 fully saturated rings. The van der Waals surface area contributed by atoms with Crippen LogP contribution >= 0.6 is 0 Å². The fourth-order valence-corrected chi connectivity index (χ4v) is 3.13. The summed E-state index contributed by atoms with van der Waals surface area (Å²) in [5.41, 5.74) is 0.727. The molecule has 8 heteroatoms. The Labute approximate surface area is 143 Å². The largest absolute Gasteiger partial charge is 0.469 e. The molecule has 0 amide bonds. The highest BCUT2D eigenvalue weighted by atomic mass is 32.2. The summed E-state index contributed by atoms with van der Waals surface area (Å²) in [5.74, 6) is -1.57. The summed E-state index contributed by atoms with van der Waals surface area (Å²) < 4.78 is 45.7. The number of methoxy groups -OCH3 is 1. The third-order valence-corrected chi connectivity index (χ3v) is 5.21. The molecule has 1 atom stereocenters. The molecule has 0 saturated carbocycles. The fourth-order valence-electron chi connectivity index (χ4n) is 2.13. The molecule has 0 heterocycles. The maximum Gasteiger partial charge on any atom is 0.310 e. The van der Waals surface area contributed by atoms with Crippen molar-refractivity contribution in [3.63, 3.8) is 0 Å². The number of esters is 1. The van der Waals surface area contributed by atoms with Gasteiger partial charge in [-0.2, -0.15) is 12.7 Å². The number of nitrogens with zero attached hydrogens (tertiary/aromatic N) is 1. The highest BCUT2D eigenvalue weighted by Crippen LogP contribution is 2.12. The molecule has 24 heavy (non-hydrogen) atoms. The number of benzene rings is 1. The van der Waals surface area contributed by atoms with Crippen LogP contribution in [-0.2, 0) is 26.2 Å². The quantitative estimate of drug-likeness (QED) is 0.645. The summed E-state index contributed by atoms with van der Waals surface area (Å²) >= 11 is 0. The molecule has 1 N–H and O–H groups in total. The van der Waals surface area contributed by atoms with Crippen molar-refractivity contribution < 1.29 is 22.3 Å². The van der Waals surface area contributed by atoms with Crippen molar-refractivity contribution in [1.29, 1.82) is 0 Å². The van der Waals surface area contributed by atoms with Crippen molar-refractivity contribution in [2.24, 2.45) is 5.92 Å². The summed E-state index contributed by atoms with van der Waals surface area (Å²) in [4.78, 5) is 11.9. The lowest BCUT2D eigenvalue weighted by molar-refractivity contribution is -0.145. The Bertz CT molecular complexity index is 619. The molecular weight excluding hydrogens is 335 g/mol. The third kappa shape index (κ3) is 6.54. The molecule has 1 rings (SSSR count). The van der Waals surface area contributed by atoms with Crippen LogP contribution in [0.5, 0.6) is 0 Å². The zero-order valence-electron chi connectivity index (χ0n) is 14.3. The number of carbonyl (C=O) groups is 1. The predicted octanol–water partition coefficient (Wildman–Crippen LogP) is 1.72. The van der Waals surface area contributed by atoms with Gasteiger partial charge in [0.05, 0.1) is 13.0 Å². The Balaban J connectivity index is 2.72. The lowest BCUT2D eigenvalue weighted by atomic mass is 9.99. The van der Waals surface area contributed by atoms with Gasteiger partial charge in [-0.3, -0.25) is 4.79 Å². The first-order valence-electron chi connectivity index (χ1n) is 7.83. The van der Waals surface area contributed by atoms with Gasteiger partial charge in [0.2, 0.25) is 0 Å². The van der Waals surface area contributed by atoms with Gasteiger partial charge in [-0.25, -0.2) is 9.11 Å². The molecule has 1 aromatic rings. The second kappa shape index (κ2) is 9.71. The van der Waals surface area contributed by atoms with Crippen LogP contribution in [0.2, 0.25) is 0 Å². The van der Waals surface area contributed by atoms with Gasteiger partial charge in [0.25, 0.3) is 10.2 Å². The first-order chi connectivity index (χ1) is 11.3. The van der Waals surface area contributed by atoms with E-state index in [-0.39, 0.29) is 18.8 Å². The molecule has 6 nitrogen and oxygen atoms in total. The molecular formula is C16H25FN2O4S. The topological polar surface area (TPSA) is 75.7 Å². The molecule has 0 aliphatic carbocycles. The molecule has 0 spiro atoms. The number of unbranched alkanes of at least 4 members (excludes halogenated alkanes) is 1. The van der Waals surface area contributed by atoms with E-state index >= 15 is 0 Å². The highest BCUT2D eigenvalue weighted by molar-refractivity contribution is 7.87. The number of hydrogen-bond acceptors (Lipinski definition) is 4. The van der Waals surface area contributed by atoms with Crippen LogP contribution in [-0.4, -0.2) is 45.9 Å². The molecule has 0 aliphatic heterocycles. The van der Waals surface area contributed by atoms with Gasteiger partial charge in [0.15, 0.2) is 0 Å². The van der Waals surface area contributed by atoms with E-state index in [1.54, 1.807) is 12.1 Å². The van der Waals surface area contributed by atoms with Crippen molar-refractivity contribution in [3.8, 4) is 0 Å². The van der Waals surface area contributed by atoms with Gasteiger partial charge in [0.1, 0.15) is 5.82 Å². The SMILES string of the molecule is CCCCN(C)S(=O)(=O)NC[C@@H](Cc1ccc(F)cc1)C(=O)OC. The number of ether oxygens (including phenoxy) is 1. The van der Waals surface area contributed by atoms with Crippen molar-refractivity contribution in [3.05, 3.63) is 35.6 Å². The molecule has 0 aliphatic rings. The van der Waals surface area contributed by atoms with Crippen LogP contribution < -0.4 is 4.72 Å². The summed E-state index contributed by atoms with van der Waals surface area (Å²) in [6.07, 6.45) is 1.90. The Hall–Kier alpha value is -1.51. The summed E-state index contributed by atoms with van der Waals surface area (Å²) in [6, 6.07) is 5.72. The van der Waals surface area contributed by atoms with Crippen LogP contribution in [0.1, 0.15) is 25.3 Å². The maximum atomic E-state index is 13.0. The van der Waals surface area contributed by atoms with Crippen molar-refractivity contribution in [2.45, 2.75) is 26.2 Å². The van der Waals surface area contributed by atoms with E-state index in [4.69, 9.17) is 4.74 Å². The lowest BCUT2D eigenvalue weighted by Crippen LogP contribution is -2.42. The molecule has 0 saturated heterocycles. The second-order valence-electron chi connectivity index (χ2n) is 5.58. The number of rotatable bonds is 10. The molecule has 0 aromatic heterocycles. The van der Waals surface area contributed by atoms with E-state index in [0.717, 1.165) is 18.4 Å². The second-order valence-corrected chi connectivity index (χ2v) is 7.44. The van der Waals surface area contributed by atoms with Crippen LogP contribution in [0, 0.1) is 11.7 Å². The number of nitrogens with one attached hydrogen (secondary N) is 1. The normalized spacial score (nSPS) is 13.0. The summed E-state index contributed by atoms with van der Waals surface area (Å²) in [6.45, 7) is 2.30. The summed E-state index contributed by atoms with van der Waals surface area (Å²) in [5, 5.41) is 0. The average Bonchev–Trinajstić information content (AvgIpc) is 2.57. The van der Waals surface area contributed by atoms with Gasteiger partial charge in [0, 0.05) is 20.1 Å². The fraction of sp³-hybridized carbons (Fsp3) is 0.562. The van der Waals surface area contributed by atoms with E-state index in [2.05, 4.69) is 4.72 Å². The smallest absolute Gasteiger partial charge is 0.310 e. The van der Waals surface area contributed by atoms with Crippen LogP contribution in [0.3, 0.4) is 0 Å². The van der Waals surface area contributed by atoms with Gasteiger partial charge in [-0.15, -0.1) is 0 Å². The van der Waals surface area contributed by atoms with Crippen molar-refractivity contribution >= 4 is 16.2 Å². The molecule has 0 radical (unpaired) electrons. The Morgan fingerprint density at radius 3 is 2.50 bits per heavy atom. The molecule has 0 bridgehead atoms. The minimum Gasteiger partial charge on any atom is -0.469 e. The van der Waals surface area contributed by atoms with Gasteiger partial charge in [-0.1, -0.05) is 25.5 Å². The first-order valence-corrected chi connectivity index (χ1v) is 9.27. The zero-order chi connectivity index (χ0) is 18.2. The number of halogens is 1. The Morgan fingerprint density at radius 1 is 1.33 bits per heavy atom. The maximum absolute atomic E-state index is 13.0. The molecule has 0 unspecified atom stereocenters. The lowest BCUT2D eigenvalue weighted by Gasteiger charge is -2.20. The Morgan fingerprint density at radius 2 is 1.96 bits per heavy atom. The van der Waals surface area contributed by atoms with Gasteiger partial charge < -0.3 is 4.74 Å². The van der Waals surface area contributed by atoms with E-state index in [1.165, 1.54) is 30.6 Å². The van der Waals surface area contributed by atoms with E-state index in [9.17, 15) is 17.6 Å². The van der Waals surface area contributed by atoms with E-state index < -0.39 is 22.1 Å². The van der Waals surface area contributed by atoms with Gasteiger partial charge >= 0.3 is 5.97 Å². The highest BCUT2D eigenvalue weighted by Gasteiger charge is 2.24. The van der Waals surface area contributed by atoms with E-state index in [0.29, 0.717) is 6.54 Å². The van der Waals surface area contributed by atoms with Crippen LogP contribution in [0.4, 0.5) is 4.39 Å². The average molecular weight is 360 g/mol. The first kappa shape index (κ1) is 20.5. The Kier molecular flexibility index (Phi) is 8.30. The van der Waals surface area contributed by atoms with Crippen molar-refractivity contribution in [1.82, 2.24) is 9.03 Å². The number of hydrogen-bond donors (Lipinski definition) is 1. The number of carbonyl (C=O) groups excluding carboxylic acids is 1. The van der Waals surface area contributed by atoms with Crippen LogP contribution in [0.25, 0.3) is 0 Å². The minimum atomic E-state index is -3.65. The van der Waals surface area contributed by atoms with Gasteiger partial charge in [-0.05, 0) is 30.5 Å². The van der Waals surface area contributed by atoms with Crippen LogP contribution in [0.15, 0.2) is 24.3 Å². The minimum absolute atomic E-state index is 0.0805.